The number of nitrogens with zero attached hydrogens (tertiary/aromatic N) is 8. The van der Waals surface area contributed by atoms with Gasteiger partial charge in [-0.05, 0) is 86.0 Å². The lowest BCUT2D eigenvalue weighted by Crippen LogP contribution is -2.46. The average molecular weight is 669 g/mol. The Labute approximate surface area is 285 Å². The number of aromatic nitrogens is 6. The molecule has 3 atom stereocenters. The fraction of sp³-hybridized carbons (Fsp3) is 0.389. The van der Waals surface area contributed by atoms with Crippen LogP contribution in [-0.4, -0.2) is 68.7 Å². The summed E-state index contributed by atoms with van der Waals surface area (Å²) in [6.07, 6.45) is 6.61. The third kappa shape index (κ3) is 6.70. The lowest BCUT2D eigenvalue weighted by molar-refractivity contribution is -0.0209. The Hall–Kier alpha value is -4.61. The summed E-state index contributed by atoms with van der Waals surface area (Å²) in [5.74, 6) is 1.06. The number of hydrogen-bond donors (Lipinski definition) is 0. The third-order valence-electron chi connectivity index (χ3n) is 9.59. The minimum absolute atomic E-state index is 0.0732. The third-order valence-corrected chi connectivity index (χ3v) is 9.83. The molecule has 0 amide bonds. The van der Waals surface area contributed by atoms with E-state index in [1.165, 1.54) is 5.69 Å². The van der Waals surface area contributed by atoms with Crippen LogP contribution in [-0.2, 0) is 16.9 Å². The number of hydrogen-bond acceptors (Lipinski definition) is 8. The van der Waals surface area contributed by atoms with Crippen LogP contribution in [0.3, 0.4) is 0 Å². The molecule has 0 spiro atoms. The van der Waals surface area contributed by atoms with Gasteiger partial charge in [0.2, 0.25) is 0 Å². The normalized spacial score (nSPS) is 20.3. The Balaban J connectivity index is 0.919. The lowest BCUT2D eigenvalue weighted by atomic mass is 9.87. The number of halogens is 1. The molecule has 7 rings (SSSR count). The predicted octanol–water partition coefficient (Wildman–Crippen LogP) is 5.59. The van der Waals surface area contributed by atoms with E-state index in [0.717, 1.165) is 61.7 Å². The van der Waals surface area contributed by atoms with Gasteiger partial charge in [-0.1, -0.05) is 30.7 Å². The highest BCUT2D eigenvalue weighted by molar-refractivity contribution is 6.30. The maximum absolute atomic E-state index is 12.8. The molecule has 5 aromatic rings. The molecule has 48 heavy (non-hydrogen) atoms. The van der Waals surface area contributed by atoms with Gasteiger partial charge in [-0.3, -0.25) is 0 Å². The zero-order valence-corrected chi connectivity index (χ0v) is 28.1. The van der Waals surface area contributed by atoms with Crippen LogP contribution in [0.15, 0.2) is 96.3 Å². The highest BCUT2D eigenvalue weighted by atomic mass is 35.5. The predicted molar refractivity (Wildman–Crippen MR) is 186 cm³/mol. The van der Waals surface area contributed by atoms with Crippen molar-refractivity contribution in [1.82, 2.24) is 29.3 Å². The summed E-state index contributed by atoms with van der Waals surface area (Å²) in [4.78, 5) is 19.3. The quantitative estimate of drug-likeness (QED) is 0.180. The van der Waals surface area contributed by atoms with Crippen molar-refractivity contribution in [2.75, 3.05) is 49.2 Å². The molecule has 2 aliphatic heterocycles. The summed E-state index contributed by atoms with van der Waals surface area (Å²) < 4.78 is 15.9. The van der Waals surface area contributed by atoms with Gasteiger partial charge in [0.15, 0.2) is 0 Å². The molecule has 0 bridgehead atoms. The Morgan fingerprint density at radius 3 is 2.21 bits per heavy atom. The molecule has 0 saturated carbocycles. The van der Waals surface area contributed by atoms with Crippen molar-refractivity contribution in [3.8, 4) is 11.4 Å². The van der Waals surface area contributed by atoms with Gasteiger partial charge in [0, 0.05) is 48.5 Å². The van der Waals surface area contributed by atoms with Gasteiger partial charge in [0.1, 0.15) is 17.7 Å². The second-order valence-corrected chi connectivity index (χ2v) is 13.2. The van der Waals surface area contributed by atoms with Gasteiger partial charge in [-0.25, -0.2) is 14.0 Å². The maximum atomic E-state index is 12.8. The van der Waals surface area contributed by atoms with Crippen LogP contribution in [0, 0.1) is 5.92 Å². The first kappa shape index (κ1) is 32.0. The fourth-order valence-electron chi connectivity index (χ4n) is 6.68. The van der Waals surface area contributed by atoms with Crippen LogP contribution < -0.4 is 20.2 Å². The lowest BCUT2D eigenvalue weighted by Gasteiger charge is -2.37. The highest BCUT2D eigenvalue weighted by Gasteiger charge is 2.43. The van der Waals surface area contributed by atoms with Gasteiger partial charge >= 0.3 is 5.69 Å². The number of benzene rings is 3. The molecule has 0 aliphatic carbocycles. The van der Waals surface area contributed by atoms with E-state index in [9.17, 15) is 4.79 Å². The van der Waals surface area contributed by atoms with Gasteiger partial charge in [-0.2, -0.15) is 20.1 Å². The monoisotopic (exact) mass is 668 g/mol. The Bertz CT molecular complexity index is 1850. The Kier molecular flexibility index (Phi) is 9.23. The first-order chi connectivity index (χ1) is 23.4. The van der Waals surface area contributed by atoms with Crippen LogP contribution in [0.4, 0.5) is 11.4 Å². The molecule has 2 aromatic heterocycles. The molecule has 11 nitrogen and oxygen atoms in total. The number of anilines is 2. The van der Waals surface area contributed by atoms with Crippen molar-refractivity contribution < 1.29 is 9.47 Å². The Morgan fingerprint density at radius 2 is 1.56 bits per heavy atom. The maximum Gasteiger partial charge on any atom is 0.350 e. The van der Waals surface area contributed by atoms with Gasteiger partial charge < -0.3 is 19.3 Å². The minimum Gasteiger partial charge on any atom is -0.493 e. The summed E-state index contributed by atoms with van der Waals surface area (Å²) in [6.45, 7) is 9.36. The topological polar surface area (TPSA) is 95.5 Å². The summed E-state index contributed by atoms with van der Waals surface area (Å²) >= 11 is 6.35. The molecule has 0 radical (unpaired) electrons. The Morgan fingerprint density at radius 1 is 0.917 bits per heavy atom. The molecule has 250 valence electrons. The molecule has 12 heteroatoms. The van der Waals surface area contributed by atoms with Crippen LogP contribution in [0.2, 0.25) is 5.02 Å². The molecular formula is C36H41ClN8O3. The standard InChI is InChI=1S/C36H41ClN8O3/c1-3-27(2)45-35(46)43(26-40-45)33-9-7-31(8-10-33)41-17-19-42(20-18-41)32-11-13-34(14-12-32)47-23-28-22-36(48-24-28,25-44-38-15-16-39-44)29-5-4-6-30(37)21-29/h4-16,21,26-28H,3,17-20,22-25H2,1-2H3. The molecule has 4 heterocycles. The summed E-state index contributed by atoms with van der Waals surface area (Å²) in [5, 5.41) is 13.6. The number of piperazine rings is 1. The number of ether oxygens (including phenoxy) is 2. The van der Waals surface area contributed by atoms with Gasteiger partial charge in [0.25, 0.3) is 0 Å². The van der Waals surface area contributed by atoms with E-state index in [4.69, 9.17) is 21.1 Å². The smallest absolute Gasteiger partial charge is 0.350 e. The van der Waals surface area contributed by atoms with Crippen molar-refractivity contribution in [3.05, 3.63) is 113 Å². The van der Waals surface area contributed by atoms with Crippen LogP contribution in [0.1, 0.15) is 38.3 Å². The highest BCUT2D eigenvalue weighted by Crippen LogP contribution is 2.41. The molecule has 2 saturated heterocycles. The van der Waals surface area contributed by atoms with E-state index in [0.29, 0.717) is 24.8 Å². The fourth-order valence-corrected chi connectivity index (χ4v) is 6.87. The molecule has 2 fully saturated rings. The van der Waals surface area contributed by atoms with Crippen molar-refractivity contribution >= 4 is 23.0 Å². The molecule has 0 N–H and O–H groups in total. The molecular weight excluding hydrogens is 628 g/mol. The zero-order chi connectivity index (χ0) is 33.1. The molecule has 3 unspecified atom stereocenters. The second kappa shape index (κ2) is 13.9. The van der Waals surface area contributed by atoms with E-state index < -0.39 is 5.60 Å². The molecule has 3 aromatic carbocycles. The van der Waals surface area contributed by atoms with Crippen LogP contribution >= 0.6 is 11.6 Å². The van der Waals surface area contributed by atoms with E-state index in [1.54, 1.807) is 32.8 Å². The first-order valence-corrected chi connectivity index (χ1v) is 17.0. The summed E-state index contributed by atoms with van der Waals surface area (Å²) in [7, 11) is 0. The van der Waals surface area contributed by atoms with Crippen LogP contribution in [0.25, 0.3) is 5.69 Å². The van der Waals surface area contributed by atoms with Crippen molar-refractivity contribution in [2.24, 2.45) is 5.92 Å². The van der Waals surface area contributed by atoms with Gasteiger partial charge in [0.05, 0.1) is 43.9 Å². The zero-order valence-electron chi connectivity index (χ0n) is 27.4. The van der Waals surface area contributed by atoms with E-state index in [2.05, 4.69) is 74.5 Å². The van der Waals surface area contributed by atoms with Crippen molar-refractivity contribution in [2.45, 2.75) is 44.9 Å². The van der Waals surface area contributed by atoms with Crippen molar-refractivity contribution in [3.63, 3.8) is 0 Å². The summed E-state index contributed by atoms with van der Waals surface area (Å²) in [5.41, 5.74) is 3.52. The van der Waals surface area contributed by atoms with E-state index in [1.807, 2.05) is 37.3 Å². The van der Waals surface area contributed by atoms with Gasteiger partial charge in [-0.15, -0.1) is 0 Å². The first-order valence-electron chi connectivity index (χ1n) is 16.6. The van der Waals surface area contributed by atoms with E-state index in [-0.39, 0.29) is 17.6 Å². The summed E-state index contributed by atoms with van der Waals surface area (Å²) in [6, 6.07) is 24.5. The average Bonchev–Trinajstić information content (AvgIpc) is 3.89. The minimum atomic E-state index is -0.567. The molecule has 2 aliphatic rings. The van der Waals surface area contributed by atoms with Crippen LogP contribution in [0.5, 0.6) is 5.75 Å². The largest absolute Gasteiger partial charge is 0.493 e. The van der Waals surface area contributed by atoms with E-state index >= 15 is 0 Å². The SMILES string of the molecule is CCC(C)n1ncn(-c2ccc(N3CCN(c4ccc(OCC5COC(Cn6nccn6)(c6cccc(Cl)c6)C5)cc4)CC3)cc2)c1=O. The number of rotatable bonds is 11. The second-order valence-electron chi connectivity index (χ2n) is 12.7. The van der Waals surface area contributed by atoms with Crippen molar-refractivity contribution in [1.29, 1.82) is 0 Å².